The van der Waals surface area contributed by atoms with Crippen molar-refractivity contribution in [1.29, 1.82) is 0 Å². The van der Waals surface area contributed by atoms with Crippen LogP contribution < -0.4 is 5.32 Å². The molecule has 1 aliphatic heterocycles. The number of amides is 1. The first-order valence-corrected chi connectivity index (χ1v) is 9.66. The summed E-state index contributed by atoms with van der Waals surface area (Å²) in [5.74, 6) is -0.0414. The van der Waals surface area contributed by atoms with E-state index in [0.717, 1.165) is 37.3 Å². The van der Waals surface area contributed by atoms with Crippen molar-refractivity contribution in [3.8, 4) is 0 Å². The monoisotopic (exact) mass is 367 g/mol. The maximum atomic E-state index is 12.7. The fraction of sp³-hybridized carbons (Fsp3) is 0.300. The lowest BCUT2D eigenvalue weighted by Gasteiger charge is -2.34. The van der Waals surface area contributed by atoms with Crippen molar-refractivity contribution >= 4 is 27.3 Å². The van der Waals surface area contributed by atoms with Crippen LogP contribution in [0.3, 0.4) is 0 Å². The molecule has 0 unspecified atom stereocenters. The highest BCUT2D eigenvalue weighted by molar-refractivity contribution is 7.17. The second kappa shape index (κ2) is 7.95. The lowest BCUT2D eigenvalue weighted by Crippen LogP contribution is -2.43. The predicted molar refractivity (Wildman–Crippen MR) is 104 cm³/mol. The number of carbonyl (C=O) groups excluding carboxylic acids is 1. The quantitative estimate of drug-likeness (QED) is 0.753. The topological polar surface area (TPSA) is 54.5 Å². The van der Waals surface area contributed by atoms with Crippen LogP contribution in [-0.2, 0) is 4.74 Å². The van der Waals surface area contributed by atoms with Crippen LogP contribution in [0.15, 0.2) is 54.2 Å². The third kappa shape index (κ3) is 3.77. The number of nitrogens with one attached hydrogen (secondary N) is 1. The zero-order valence-electron chi connectivity index (χ0n) is 14.4. The van der Waals surface area contributed by atoms with Crippen molar-refractivity contribution < 1.29 is 9.53 Å². The molecule has 3 aromatic rings. The average molecular weight is 367 g/mol. The number of ether oxygens (including phenoxy) is 1. The Morgan fingerprint density at radius 1 is 1.27 bits per heavy atom. The minimum absolute atomic E-state index is 0.0414. The number of fused-ring (bicyclic) bond motifs is 1. The number of rotatable bonds is 5. The molecule has 1 fully saturated rings. The van der Waals surface area contributed by atoms with Crippen molar-refractivity contribution in [3.63, 3.8) is 0 Å². The summed E-state index contributed by atoms with van der Waals surface area (Å²) in [5, 5.41) is 6.26. The van der Waals surface area contributed by atoms with Gasteiger partial charge in [-0.1, -0.05) is 6.07 Å². The number of aromatic nitrogens is 1. The molecule has 1 amide bonds. The molecule has 0 saturated carbocycles. The zero-order valence-corrected chi connectivity index (χ0v) is 15.2. The number of hydrogen-bond acceptors (Lipinski definition) is 5. The van der Waals surface area contributed by atoms with Crippen molar-refractivity contribution in [1.82, 2.24) is 15.2 Å². The van der Waals surface area contributed by atoms with Crippen LogP contribution in [0.4, 0.5) is 0 Å². The van der Waals surface area contributed by atoms with Crippen molar-refractivity contribution in [3.05, 3.63) is 65.3 Å². The van der Waals surface area contributed by atoms with Crippen LogP contribution >= 0.6 is 11.3 Å². The molecule has 2 aromatic heterocycles. The third-order valence-electron chi connectivity index (χ3n) is 4.73. The molecule has 0 bridgehead atoms. The van der Waals surface area contributed by atoms with E-state index in [2.05, 4.69) is 21.3 Å². The Labute approximate surface area is 156 Å². The number of morpholine rings is 1. The maximum Gasteiger partial charge on any atom is 0.251 e. The van der Waals surface area contributed by atoms with Gasteiger partial charge in [0.1, 0.15) is 0 Å². The Kier molecular flexibility index (Phi) is 5.24. The summed E-state index contributed by atoms with van der Waals surface area (Å²) < 4.78 is 6.67. The van der Waals surface area contributed by atoms with Gasteiger partial charge in [0.25, 0.3) is 5.91 Å². The second-order valence-electron chi connectivity index (χ2n) is 6.33. The molecule has 4 rings (SSSR count). The smallest absolute Gasteiger partial charge is 0.251 e. The number of thiophene rings is 1. The Bertz CT molecular complexity index is 875. The molecule has 26 heavy (non-hydrogen) atoms. The molecule has 5 nitrogen and oxygen atoms in total. The first-order chi connectivity index (χ1) is 12.8. The van der Waals surface area contributed by atoms with Gasteiger partial charge in [-0.3, -0.25) is 14.7 Å². The van der Waals surface area contributed by atoms with Crippen LogP contribution in [0, 0.1) is 0 Å². The number of nitrogens with zero attached hydrogens (tertiary/aromatic N) is 2. The average Bonchev–Trinajstić information content (AvgIpc) is 3.17. The van der Waals surface area contributed by atoms with E-state index in [9.17, 15) is 4.79 Å². The molecule has 1 N–H and O–H groups in total. The van der Waals surface area contributed by atoms with Gasteiger partial charge >= 0.3 is 0 Å². The highest BCUT2D eigenvalue weighted by Gasteiger charge is 2.23. The summed E-state index contributed by atoms with van der Waals surface area (Å²) in [6, 6.07) is 12.0. The SMILES string of the molecule is O=C(NC[C@@H](c1cccnc1)N1CCOCC1)c1ccc2sccc2c1. The first-order valence-electron chi connectivity index (χ1n) is 8.78. The lowest BCUT2D eigenvalue weighted by molar-refractivity contribution is 0.0161. The maximum absolute atomic E-state index is 12.7. The molecule has 134 valence electrons. The molecule has 0 radical (unpaired) electrons. The summed E-state index contributed by atoms with van der Waals surface area (Å²) >= 11 is 1.68. The van der Waals surface area contributed by atoms with Gasteiger partial charge in [0.05, 0.1) is 19.3 Å². The Balaban J connectivity index is 1.49. The number of carbonyl (C=O) groups is 1. The Morgan fingerprint density at radius 2 is 2.15 bits per heavy atom. The molecular weight excluding hydrogens is 346 g/mol. The number of benzene rings is 1. The van der Waals surface area contributed by atoms with E-state index < -0.39 is 0 Å². The molecule has 0 spiro atoms. The summed E-state index contributed by atoms with van der Waals surface area (Å²) in [7, 11) is 0. The van der Waals surface area contributed by atoms with E-state index in [4.69, 9.17) is 4.74 Å². The molecular formula is C20H21N3O2S. The largest absolute Gasteiger partial charge is 0.379 e. The van der Waals surface area contributed by atoms with E-state index in [1.165, 1.54) is 4.70 Å². The normalized spacial score (nSPS) is 16.5. The minimum Gasteiger partial charge on any atom is -0.379 e. The lowest BCUT2D eigenvalue weighted by atomic mass is 10.1. The standard InChI is InChI=1S/C20H21N3O2S/c24-20(16-3-4-19-15(12-16)5-11-26-19)22-14-18(17-2-1-6-21-13-17)23-7-9-25-10-8-23/h1-6,11-13,18H,7-10,14H2,(H,22,24)/t18-/m0/s1. The van der Waals surface area contributed by atoms with E-state index in [0.29, 0.717) is 12.1 Å². The fourth-order valence-corrected chi connectivity index (χ4v) is 4.09. The molecule has 1 aliphatic rings. The third-order valence-corrected chi connectivity index (χ3v) is 5.62. The predicted octanol–water partition coefficient (Wildman–Crippen LogP) is 3.10. The summed E-state index contributed by atoms with van der Waals surface area (Å²) in [6.45, 7) is 3.71. The van der Waals surface area contributed by atoms with E-state index in [1.54, 1.807) is 17.5 Å². The van der Waals surface area contributed by atoms with Gasteiger partial charge < -0.3 is 10.1 Å². The van der Waals surface area contributed by atoms with Crippen LogP contribution in [-0.4, -0.2) is 48.6 Å². The second-order valence-corrected chi connectivity index (χ2v) is 7.28. The van der Waals surface area contributed by atoms with Gasteiger partial charge in [-0.2, -0.15) is 0 Å². The molecule has 1 atom stereocenters. The molecule has 1 aromatic carbocycles. The summed E-state index contributed by atoms with van der Waals surface area (Å²) in [4.78, 5) is 19.3. The van der Waals surface area contributed by atoms with Gasteiger partial charge in [0, 0.05) is 42.3 Å². The highest BCUT2D eigenvalue weighted by atomic mass is 32.1. The minimum atomic E-state index is -0.0414. The fourth-order valence-electron chi connectivity index (χ4n) is 3.32. The van der Waals surface area contributed by atoms with Crippen molar-refractivity contribution in [2.45, 2.75) is 6.04 Å². The van der Waals surface area contributed by atoms with Crippen LogP contribution in [0.1, 0.15) is 22.0 Å². The highest BCUT2D eigenvalue weighted by Crippen LogP contribution is 2.23. The van der Waals surface area contributed by atoms with Gasteiger partial charge in [-0.15, -0.1) is 11.3 Å². The van der Waals surface area contributed by atoms with E-state index >= 15 is 0 Å². The van der Waals surface area contributed by atoms with Gasteiger partial charge in [-0.25, -0.2) is 0 Å². The molecule has 1 saturated heterocycles. The van der Waals surface area contributed by atoms with Gasteiger partial charge in [0.15, 0.2) is 0 Å². The number of pyridine rings is 1. The summed E-state index contributed by atoms with van der Waals surface area (Å²) in [5.41, 5.74) is 1.81. The zero-order chi connectivity index (χ0) is 17.8. The van der Waals surface area contributed by atoms with Crippen LogP contribution in [0.5, 0.6) is 0 Å². The molecule has 0 aliphatic carbocycles. The Hall–Kier alpha value is -2.28. The van der Waals surface area contributed by atoms with Crippen molar-refractivity contribution in [2.24, 2.45) is 0 Å². The van der Waals surface area contributed by atoms with Gasteiger partial charge in [-0.05, 0) is 46.7 Å². The first kappa shape index (κ1) is 17.1. The van der Waals surface area contributed by atoms with Gasteiger partial charge in [0.2, 0.25) is 0 Å². The van der Waals surface area contributed by atoms with E-state index in [-0.39, 0.29) is 11.9 Å². The number of hydrogen-bond donors (Lipinski definition) is 1. The van der Waals surface area contributed by atoms with E-state index in [1.807, 2.05) is 41.9 Å². The van der Waals surface area contributed by atoms with Crippen molar-refractivity contribution in [2.75, 3.05) is 32.8 Å². The summed E-state index contributed by atoms with van der Waals surface area (Å²) in [6.07, 6.45) is 3.65. The van der Waals surface area contributed by atoms with Crippen LogP contribution in [0.2, 0.25) is 0 Å². The molecule has 3 heterocycles. The molecule has 6 heteroatoms. The Morgan fingerprint density at radius 3 is 2.96 bits per heavy atom. The van der Waals surface area contributed by atoms with Crippen LogP contribution in [0.25, 0.3) is 10.1 Å².